The van der Waals surface area contributed by atoms with Gasteiger partial charge in [-0.25, -0.2) is 4.99 Å². The SMILES string of the molecule is CCNC(=NCCOc1cccc(Cl)c1)N1CCN(Cc2ccon2)CC1. The number of benzene rings is 1. The Morgan fingerprint density at radius 3 is 2.85 bits per heavy atom. The Morgan fingerprint density at radius 1 is 1.30 bits per heavy atom. The maximum absolute atomic E-state index is 5.97. The molecule has 1 aliphatic heterocycles. The maximum Gasteiger partial charge on any atom is 0.194 e. The van der Waals surface area contributed by atoms with Gasteiger partial charge in [0, 0.05) is 50.4 Å². The molecule has 0 spiro atoms. The molecule has 0 radical (unpaired) electrons. The molecule has 0 unspecified atom stereocenters. The van der Waals surface area contributed by atoms with Crippen LogP contribution in [-0.2, 0) is 6.54 Å². The van der Waals surface area contributed by atoms with Crippen molar-refractivity contribution < 1.29 is 9.26 Å². The summed E-state index contributed by atoms with van der Waals surface area (Å²) in [6, 6.07) is 9.33. The number of aliphatic imine (C=N–C) groups is 1. The smallest absolute Gasteiger partial charge is 0.194 e. The van der Waals surface area contributed by atoms with Gasteiger partial charge in [0.15, 0.2) is 5.96 Å². The topological polar surface area (TPSA) is 66.1 Å². The molecule has 1 aliphatic rings. The van der Waals surface area contributed by atoms with Crippen molar-refractivity contribution in [3.05, 3.63) is 47.3 Å². The zero-order valence-electron chi connectivity index (χ0n) is 15.6. The number of ether oxygens (including phenoxy) is 1. The molecule has 146 valence electrons. The Morgan fingerprint density at radius 2 is 2.15 bits per heavy atom. The standard InChI is InChI=1S/C19H26ClN5O2/c1-2-21-19(22-7-13-26-18-5-3-4-16(20)14-18)25-10-8-24(9-11-25)15-17-6-12-27-23-17/h3-6,12,14H,2,7-11,13,15H2,1H3,(H,21,22). The molecule has 8 heteroatoms. The molecule has 2 aromatic rings. The number of nitrogens with zero attached hydrogens (tertiary/aromatic N) is 4. The molecule has 2 heterocycles. The third-order valence-corrected chi connectivity index (χ3v) is 4.54. The van der Waals surface area contributed by atoms with E-state index in [0.29, 0.717) is 18.2 Å². The van der Waals surface area contributed by atoms with Gasteiger partial charge < -0.3 is 19.5 Å². The van der Waals surface area contributed by atoms with Crippen molar-refractivity contribution in [2.24, 2.45) is 4.99 Å². The summed E-state index contributed by atoms with van der Waals surface area (Å²) in [6.07, 6.45) is 1.62. The predicted molar refractivity (Wildman–Crippen MR) is 106 cm³/mol. The van der Waals surface area contributed by atoms with E-state index in [1.807, 2.05) is 30.3 Å². The Labute approximate surface area is 164 Å². The van der Waals surface area contributed by atoms with Gasteiger partial charge in [0.05, 0.1) is 12.2 Å². The van der Waals surface area contributed by atoms with E-state index in [2.05, 4.69) is 27.2 Å². The minimum absolute atomic E-state index is 0.515. The average molecular weight is 392 g/mol. The Kier molecular flexibility index (Phi) is 7.36. The van der Waals surface area contributed by atoms with Crippen molar-refractivity contribution in [1.29, 1.82) is 0 Å². The van der Waals surface area contributed by atoms with Crippen molar-refractivity contribution in [1.82, 2.24) is 20.3 Å². The molecule has 3 rings (SSSR count). The second kappa shape index (κ2) is 10.2. The molecule has 7 nitrogen and oxygen atoms in total. The van der Waals surface area contributed by atoms with Crippen LogP contribution < -0.4 is 10.1 Å². The maximum atomic E-state index is 5.97. The highest BCUT2D eigenvalue weighted by Crippen LogP contribution is 2.16. The van der Waals surface area contributed by atoms with Gasteiger partial charge in [-0.3, -0.25) is 4.90 Å². The lowest BCUT2D eigenvalue weighted by molar-refractivity contribution is 0.169. The van der Waals surface area contributed by atoms with Crippen LogP contribution in [0.25, 0.3) is 0 Å². The number of hydrogen-bond donors (Lipinski definition) is 1. The first-order valence-corrected chi connectivity index (χ1v) is 9.65. The number of guanidine groups is 1. The molecular weight excluding hydrogens is 366 g/mol. The van der Waals surface area contributed by atoms with E-state index < -0.39 is 0 Å². The molecule has 27 heavy (non-hydrogen) atoms. The summed E-state index contributed by atoms with van der Waals surface area (Å²) >= 11 is 5.97. The lowest BCUT2D eigenvalue weighted by Crippen LogP contribution is -2.52. The number of halogens is 1. The van der Waals surface area contributed by atoms with E-state index in [1.54, 1.807) is 6.26 Å². The van der Waals surface area contributed by atoms with Crippen LogP contribution in [0.5, 0.6) is 5.75 Å². The van der Waals surface area contributed by atoms with Crippen molar-refractivity contribution in [3.63, 3.8) is 0 Å². The Balaban J connectivity index is 1.46. The van der Waals surface area contributed by atoms with Gasteiger partial charge in [-0.15, -0.1) is 0 Å². The summed E-state index contributed by atoms with van der Waals surface area (Å²) in [6.45, 7) is 8.65. The first-order chi connectivity index (χ1) is 13.2. The minimum Gasteiger partial charge on any atom is -0.492 e. The molecule has 0 aliphatic carbocycles. The summed E-state index contributed by atoms with van der Waals surface area (Å²) in [4.78, 5) is 9.37. The van der Waals surface area contributed by atoms with Gasteiger partial charge in [0.2, 0.25) is 0 Å². The van der Waals surface area contributed by atoms with E-state index in [1.165, 1.54) is 0 Å². The van der Waals surface area contributed by atoms with E-state index in [4.69, 9.17) is 25.9 Å². The Bertz CT molecular complexity index is 715. The van der Waals surface area contributed by atoms with Crippen LogP contribution in [0.4, 0.5) is 0 Å². The van der Waals surface area contributed by atoms with E-state index in [9.17, 15) is 0 Å². The quantitative estimate of drug-likeness (QED) is 0.444. The summed E-state index contributed by atoms with van der Waals surface area (Å²) < 4.78 is 10.6. The number of aromatic nitrogens is 1. The monoisotopic (exact) mass is 391 g/mol. The van der Waals surface area contributed by atoms with Crippen molar-refractivity contribution in [2.45, 2.75) is 13.5 Å². The van der Waals surface area contributed by atoms with Crippen LogP contribution in [0.2, 0.25) is 5.02 Å². The fraction of sp³-hybridized carbons (Fsp3) is 0.474. The fourth-order valence-corrected chi connectivity index (χ4v) is 3.14. The van der Waals surface area contributed by atoms with Gasteiger partial charge in [-0.05, 0) is 25.1 Å². The number of piperazine rings is 1. The summed E-state index contributed by atoms with van der Waals surface area (Å²) in [5.41, 5.74) is 0.974. The molecule has 0 bridgehead atoms. The lowest BCUT2D eigenvalue weighted by atomic mass is 10.3. The van der Waals surface area contributed by atoms with E-state index in [-0.39, 0.29) is 0 Å². The van der Waals surface area contributed by atoms with Crippen LogP contribution in [-0.4, -0.2) is 66.8 Å². The van der Waals surface area contributed by atoms with Gasteiger partial charge in [-0.2, -0.15) is 0 Å². The van der Waals surface area contributed by atoms with Gasteiger partial charge >= 0.3 is 0 Å². The predicted octanol–water partition coefficient (Wildman–Crippen LogP) is 2.49. The Hall–Kier alpha value is -2.25. The zero-order chi connectivity index (χ0) is 18.9. The fourth-order valence-electron chi connectivity index (χ4n) is 2.96. The number of hydrogen-bond acceptors (Lipinski definition) is 5. The van der Waals surface area contributed by atoms with E-state index >= 15 is 0 Å². The largest absolute Gasteiger partial charge is 0.492 e. The van der Waals surface area contributed by atoms with Crippen molar-refractivity contribution in [2.75, 3.05) is 45.9 Å². The van der Waals surface area contributed by atoms with E-state index in [0.717, 1.165) is 56.7 Å². The highest BCUT2D eigenvalue weighted by atomic mass is 35.5. The zero-order valence-corrected chi connectivity index (χ0v) is 16.4. The molecule has 0 saturated carbocycles. The van der Waals surface area contributed by atoms with Gasteiger partial charge in [0.25, 0.3) is 0 Å². The van der Waals surface area contributed by atoms with Gasteiger partial charge in [0.1, 0.15) is 18.6 Å². The highest BCUT2D eigenvalue weighted by molar-refractivity contribution is 6.30. The second-order valence-electron chi connectivity index (χ2n) is 6.30. The minimum atomic E-state index is 0.515. The van der Waals surface area contributed by atoms with Crippen molar-refractivity contribution in [3.8, 4) is 5.75 Å². The molecule has 1 fully saturated rings. The average Bonchev–Trinajstić information content (AvgIpc) is 3.18. The van der Waals surface area contributed by atoms with Crippen LogP contribution in [0.1, 0.15) is 12.6 Å². The highest BCUT2D eigenvalue weighted by Gasteiger charge is 2.20. The molecular formula is C19H26ClN5O2. The molecule has 1 aromatic heterocycles. The number of rotatable bonds is 7. The van der Waals surface area contributed by atoms with Crippen LogP contribution in [0.15, 0.2) is 46.1 Å². The molecule has 1 saturated heterocycles. The summed E-state index contributed by atoms with van der Waals surface area (Å²) in [7, 11) is 0. The first-order valence-electron chi connectivity index (χ1n) is 9.28. The third kappa shape index (κ3) is 6.15. The summed E-state index contributed by atoms with van der Waals surface area (Å²) in [5.74, 6) is 1.71. The van der Waals surface area contributed by atoms with Crippen LogP contribution >= 0.6 is 11.6 Å². The van der Waals surface area contributed by atoms with Crippen LogP contribution in [0, 0.1) is 0 Å². The molecule has 0 amide bonds. The third-order valence-electron chi connectivity index (χ3n) is 4.30. The van der Waals surface area contributed by atoms with Crippen LogP contribution in [0.3, 0.4) is 0 Å². The number of nitrogens with one attached hydrogen (secondary N) is 1. The molecule has 0 atom stereocenters. The summed E-state index contributed by atoms with van der Waals surface area (Å²) in [5, 5.41) is 8.03. The van der Waals surface area contributed by atoms with Crippen molar-refractivity contribution >= 4 is 17.6 Å². The first kappa shape index (κ1) is 19.5. The van der Waals surface area contributed by atoms with Gasteiger partial charge in [-0.1, -0.05) is 22.8 Å². The second-order valence-corrected chi connectivity index (χ2v) is 6.73. The lowest BCUT2D eigenvalue weighted by Gasteiger charge is -2.36. The molecule has 1 aromatic carbocycles. The normalized spacial score (nSPS) is 15.8. The molecule has 1 N–H and O–H groups in total.